The molecule has 0 amide bonds. The largest absolute Gasteiger partial charge is 0.460 e. The fourth-order valence-corrected chi connectivity index (χ4v) is 2.89. The molecule has 3 heterocycles. The zero-order chi connectivity index (χ0) is 13.9. The molecule has 3 aromatic heterocycles. The third kappa shape index (κ3) is 2.69. The highest BCUT2D eigenvalue weighted by atomic mass is 32.1. The van der Waals surface area contributed by atoms with Crippen LogP contribution in [0.1, 0.15) is 29.2 Å². The second-order valence-electron chi connectivity index (χ2n) is 4.80. The van der Waals surface area contributed by atoms with Crippen LogP contribution >= 0.6 is 11.3 Å². The van der Waals surface area contributed by atoms with E-state index in [9.17, 15) is 0 Å². The molecule has 0 aliphatic rings. The molecule has 0 unspecified atom stereocenters. The van der Waals surface area contributed by atoms with Crippen molar-refractivity contribution in [1.29, 1.82) is 0 Å². The van der Waals surface area contributed by atoms with E-state index in [1.54, 1.807) is 11.3 Å². The van der Waals surface area contributed by atoms with Gasteiger partial charge in [0.1, 0.15) is 11.5 Å². The van der Waals surface area contributed by atoms with E-state index < -0.39 is 0 Å². The van der Waals surface area contributed by atoms with Crippen LogP contribution in [0.4, 0.5) is 0 Å². The van der Waals surface area contributed by atoms with Crippen molar-refractivity contribution in [2.75, 3.05) is 0 Å². The van der Waals surface area contributed by atoms with Crippen LogP contribution in [-0.4, -0.2) is 10.2 Å². The quantitative estimate of drug-likeness (QED) is 0.748. The highest BCUT2D eigenvalue weighted by Crippen LogP contribution is 2.24. The molecule has 2 N–H and O–H groups in total. The minimum absolute atomic E-state index is 0.330. The first-order chi connectivity index (χ1) is 9.74. The summed E-state index contributed by atoms with van der Waals surface area (Å²) < 4.78 is 5.65. The molecule has 0 bridgehead atoms. The Morgan fingerprint density at radius 2 is 2.30 bits per heavy atom. The molecule has 20 heavy (non-hydrogen) atoms. The number of rotatable bonds is 5. The number of H-pyrrole nitrogens is 1. The van der Waals surface area contributed by atoms with E-state index in [0.717, 1.165) is 29.3 Å². The Bertz CT molecular complexity index is 669. The minimum atomic E-state index is 0.330. The Labute approximate surface area is 121 Å². The molecule has 0 aromatic carbocycles. The van der Waals surface area contributed by atoms with E-state index in [1.807, 2.05) is 25.3 Å². The highest BCUT2D eigenvalue weighted by Gasteiger charge is 2.12. The SMILES string of the molecule is Cc1ccc(-c2[nH]ncc2CN[C@H](C)c2cccs2)o1. The average Bonchev–Trinajstić information content (AvgIpc) is 3.16. The third-order valence-corrected chi connectivity index (χ3v) is 4.33. The normalized spacial score (nSPS) is 12.7. The molecule has 0 aliphatic carbocycles. The molecule has 0 saturated heterocycles. The molecule has 0 spiro atoms. The van der Waals surface area contributed by atoms with Crippen LogP contribution in [0.15, 0.2) is 40.3 Å². The number of aryl methyl sites for hydroxylation is 1. The lowest BCUT2D eigenvalue weighted by Crippen LogP contribution is -2.17. The summed E-state index contributed by atoms with van der Waals surface area (Å²) in [6.45, 7) is 4.87. The number of thiophene rings is 1. The van der Waals surface area contributed by atoms with Gasteiger partial charge in [-0.2, -0.15) is 5.10 Å². The Morgan fingerprint density at radius 1 is 1.40 bits per heavy atom. The van der Waals surface area contributed by atoms with Crippen LogP contribution in [0.25, 0.3) is 11.5 Å². The summed E-state index contributed by atoms with van der Waals surface area (Å²) in [7, 11) is 0. The van der Waals surface area contributed by atoms with Crippen molar-refractivity contribution >= 4 is 11.3 Å². The molecule has 3 rings (SSSR count). The second-order valence-corrected chi connectivity index (χ2v) is 5.78. The van der Waals surface area contributed by atoms with Crippen molar-refractivity contribution in [2.45, 2.75) is 26.4 Å². The first kappa shape index (κ1) is 13.1. The van der Waals surface area contributed by atoms with Crippen molar-refractivity contribution in [1.82, 2.24) is 15.5 Å². The van der Waals surface area contributed by atoms with Crippen molar-refractivity contribution in [3.8, 4) is 11.5 Å². The molecule has 1 atom stereocenters. The molecule has 104 valence electrons. The molecule has 0 saturated carbocycles. The smallest absolute Gasteiger partial charge is 0.152 e. The van der Waals surface area contributed by atoms with Crippen molar-refractivity contribution in [3.63, 3.8) is 0 Å². The summed E-state index contributed by atoms with van der Waals surface area (Å²) in [6, 6.07) is 8.48. The average molecular weight is 287 g/mol. The van der Waals surface area contributed by atoms with Gasteiger partial charge in [-0.15, -0.1) is 11.3 Å². The van der Waals surface area contributed by atoms with Crippen molar-refractivity contribution in [3.05, 3.63) is 52.0 Å². The van der Waals surface area contributed by atoms with Gasteiger partial charge in [0.05, 0.1) is 6.20 Å². The molecular weight excluding hydrogens is 270 g/mol. The Kier molecular flexibility index (Phi) is 3.71. The van der Waals surface area contributed by atoms with Gasteiger partial charge in [0.25, 0.3) is 0 Å². The Balaban J connectivity index is 1.71. The second kappa shape index (κ2) is 5.64. The lowest BCUT2D eigenvalue weighted by atomic mass is 10.2. The lowest BCUT2D eigenvalue weighted by Gasteiger charge is -2.11. The zero-order valence-electron chi connectivity index (χ0n) is 11.5. The number of aromatic nitrogens is 2. The molecule has 0 fully saturated rings. The van der Waals surface area contributed by atoms with Gasteiger partial charge in [0, 0.05) is 23.0 Å². The van der Waals surface area contributed by atoms with E-state index >= 15 is 0 Å². The monoisotopic (exact) mass is 287 g/mol. The molecule has 0 radical (unpaired) electrons. The number of aromatic amines is 1. The van der Waals surface area contributed by atoms with E-state index in [-0.39, 0.29) is 0 Å². The zero-order valence-corrected chi connectivity index (χ0v) is 12.3. The molecular formula is C15H17N3OS. The summed E-state index contributed by atoms with van der Waals surface area (Å²) in [5.74, 6) is 1.74. The number of nitrogens with zero attached hydrogens (tertiary/aromatic N) is 1. The van der Waals surface area contributed by atoms with Crippen LogP contribution in [0.3, 0.4) is 0 Å². The van der Waals surface area contributed by atoms with Gasteiger partial charge in [-0.3, -0.25) is 5.10 Å². The first-order valence-electron chi connectivity index (χ1n) is 6.60. The Hall–Kier alpha value is -1.85. The molecule has 3 aromatic rings. The number of furan rings is 1. The van der Waals surface area contributed by atoms with E-state index in [1.165, 1.54) is 4.88 Å². The van der Waals surface area contributed by atoms with Crippen molar-refractivity contribution < 1.29 is 4.42 Å². The van der Waals surface area contributed by atoms with Gasteiger partial charge in [0.2, 0.25) is 0 Å². The topological polar surface area (TPSA) is 53.9 Å². The van der Waals surface area contributed by atoms with Gasteiger partial charge in [-0.1, -0.05) is 6.07 Å². The molecule has 5 heteroatoms. The number of nitrogens with one attached hydrogen (secondary N) is 2. The van der Waals surface area contributed by atoms with Crippen LogP contribution < -0.4 is 5.32 Å². The lowest BCUT2D eigenvalue weighted by molar-refractivity contribution is 0.543. The van der Waals surface area contributed by atoms with Crippen molar-refractivity contribution in [2.24, 2.45) is 0 Å². The maximum absolute atomic E-state index is 5.65. The summed E-state index contributed by atoms with van der Waals surface area (Å²) in [4.78, 5) is 1.34. The summed E-state index contributed by atoms with van der Waals surface area (Å²) in [6.07, 6.45) is 1.85. The van der Waals surface area contributed by atoms with Crippen LogP contribution in [-0.2, 0) is 6.54 Å². The van der Waals surface area contributed by atoms with Crippen LogP contribution in [0.2, 0.25) is 0 Å². The van der Waals surface area contributed by atoms with E-state index in [2.05, 4.69) is 40.0 Å². The van der Waals surface area contributed by atoms with E-state index in [4.69, 9.17) is 4.42 Å². The predicted octanol–water partition coefficient (Wildman–Crippen LogP) is 3.89. The van der Waals surface area contributed by atoms with Gasteiger partial charge in [-0.25, -0.2) is 0 Å². The number of hydrogen-bond donors (Lipinski definition) is 2. The maximum Gasteiger partial charge on any atom is 0.152 e. The highest BCUT2D eigenvalue weighted by molar-refractivity contribution is 7.10. The predicted molar refractivity (Wildman–Crippen MR) is 80.6 cm³/mol. The van der Waals surface area contributed by atoms with Crippen LogP contribution in [0.5, 0.6) is 0 Å². The summed E-state index contributed by atoms with van der Waals surface area (Å²) in [5, 5.41) is 12.8. The van der Waals surface area contributed by atoms with Gasteiger partial charge >= 0.3 is 0 Å². The number of hydrogen-bond acceptors (Lipinski definition) is 4. The maximum atomic E-state index is 5.65. The van der Waals surface area contributed by atoms with Gasteiger partial charge in [0.15, 0.2) is 5.76 Å². The fraction of sp³-hybridized carbons (Fsp3) is 0.267. The summed E-state index contributed by atoms with van der Waals surface area (Å²) >= 11 is 1.77. The summed E-state index contributed by atoms with van der Waals surface area (Å²) in [5.41, 5.74) is 2.06. The minimum Gasteiger partial charge on any atom is -0.460 e. The third-order valence-electron chi connectivity index (χ3n) is 3.27. The standard InChI is InChI=1S/C15H17N3OS/c1-10-5-6-13(19-10)15-12(9-17-18-15)8-16-11(2)14-4-3-7-20-14/h3-7,9,11,16H,8H2,1-2H3,(H,17,18)/t11-/m1/s1. The fourth-order valence-electron chi connectivity index (χ4n) is 2.13. The molecule has 4 nitrogen and oxygen atoms in total. The first-order valence-corrected chi connectivity index (χ1v) is 7.48. The molecule has 0 aliphatic heterocycles. The van der Waals surface area contributed by atoms with E-state index in [0.29, 0.717) is 6.04 Å². The Morgan fingerprint density at radius 3 is 3.00 bits per heavy atom. The van der Waals surface area contributed by atoms with Gasteiger partial charge in [-0.05, 0) is 37.4 Å². The van der Waals surface area contributed by atoms with Gasteiger partial charge < -0.3 is 9.73 Å². The van der Waals surface area contributed by atoms with Crippen LogP contribution in [0, 0.1) is 6.92 Å².